The number of halogens is 4. The van der Waals surface area contributed by atoms with Gasteiger partial charge in [-0.05, 0) is 12.2 Å². The molecule has 0 atom stereocenters. The van der Waals surface area contributed by atoms with Crippen molar-refractivity contribution in [2.24, 2.45) is 0 Å². The van der Waals surface area contributed by atoms with Gasteiger partial charge in [0.2, 0.25) is 0 Å². The highest BCUT2D eigenvalue weighted by Crippen LogP contribution is 2.37. The van der Waals surface area contributed by atoms with Crippen molar-refractivity contribution in [3.63, 3.8) is 0 Å². The maximum atomic E-state index is 5.74. The van der Waals surface area contributed by atoms with Crippen LogP contribution in [0.3, 0.4) is 0 Å². The molecular formula is C6H4Cl4. The number of hydrogen-bond donors (Lipinski definition) is 0. The van der Waals surface area contributed by atoms with Crippen LogP contribution in [-0.4, -0.2) is 4.33 Å². The molecule has 0 aromatic carbocycles. The highest BCUT2D eigenvalue weighted by atomic mass is 35.5. The van der Waals surface area contributed by atoms with Gasteiger partial charge in [0.15, 0.2) is 0 Å². The number of alkyl halides is 2. The van der Waals surface area contributed by atoms with E-state index in [1.165, 1.54) is 0 Å². The molecule has 1 aliphatic carbocycles. The molecule has 0 spiro atoms. The Kier molecular flexibility index (Phi) is 2.57. The van der Waals surface area contributed by atoms with Crippen LogP contribution < -0.4 is 0 Å². The first kappa shape index (κ1) is 8.73. The summed E-state index contributed by atoms with van der Waals surface area (Å²) in [5.74, 6) is 0. The fourth-order valence-corrected chi connectivity index (χ4v) is 2.19. The third-order valence-corrected chi connectivity index (χ3v) is 1.99. The minimum atomic E-state index is -0.928. The molecule has 0 aromatic rings. The van der Waals surface area contributed by atoms with Gasteiger partial charge in [-0.2, -0.15) is 0 Å². The van der Waals surface area contributed by atoms with Crippen molar-refractivity contribution in [2.75, 3.05) is 0 Å². The van der Waals surface area contributed by atoms with Crippen molar-refractivity contribution in [1.29, 1.82) is 0 Å². The second-order valence-electron chi connectivity index (χ2n) is 2.06. The Morgan fingerprint density at radius 3 is 2.30 bits per heavy atom. The first-order valence-electron chi connectivity index (χ1n) is 2.62. The summed E-state index contributed by atoms with van der Waals surface area (Å²) in [7, 11) is 0. The molecule has 0 aliphatic heterocycles. The Hall–Kier alpha value is 0.640. The lowest BCUT2D eigenvalue weighted by Crippen LogP contribution is -2.11. The first-order valence-corrected chi connectivity index (χ1v) is 4.13. The van der Waals surface area contributed by atoms with Crippen LogP contribution in [0.15, 0.2) is 22.2 Å². The van der Waals surface area contributed by atoms with Crippen molar-refractivity contribution in [2.45, 2.75) is 10.8 Å². The van der Waals surface area contributed by atoms with Crippen LogP contribution >= 0.6 is 46.4 Å². The van der Waals surface area contributed by atoms with Crippen molar-refractivity contribution >= 4 is 46.4 Å². The van der Waals surface area contributed by atoms with E-state index < -0.39 is 4.33 Å². The van der Waals surface area contributed by atoms with E-state index in [4.69, 9.17) is 46.4 Å². The lowest BCUT2D eigenvalue weighted by Gasteiger charge is -2.18. The summed E-state index contributed by atoms with van der Waals surface area (Å²) in [4.78, 5) is 0. The fraction of sp³-hybridized carbons (Fsp3) is 0.333. The monoisotopic (exact) mass is 216 g/mol. The van der Waals surface area contributed by atoms with Crippen molar-refractivity contribution in [3.05, 3.63) is 22.2 Å². The van der Waals surface area contributed by atoms with Crippen molar-refractivity contribution < 1.29 is 0 Å². The second-order valence-corrected chi connectivity index (χ2v) is 4.52. The van der Waals surface area contributed by atoms with E-state index in [2.05, 4.69) is 0 Å². The third kappa shape index (κ3) is 2.35. The number of hydrogen-bond acceptors (Lipinski definition) is 0. The van der Waals surface area contributed by atoms with Crippen LogP contribution in [0.25, 0.3) is 0 Å². The normalized spacial score (nSPS) is 23.6. The van der Waals surface area contributed by atoms with Gasteiger partial charge >= 0.3 is 0 Å². The van der Waals surface area contributed by atoms with E-state index in [9.17, 15) is 0 Å². The van der Waals surface area contributed by atoms with Gasteiger partial charge in [-0.25, -0.2) is 0 Å². The number of rotatable bonds is 0. The average molecular weight is 218 g/mol. The molecule has 0 unspecified atom stereocenters. The minimum Gasteiger partial charge on any atom is -0.0965 e. The van der Waals surface area contributed by atoms with Crippen LogP contribution in [0.2, 0.25) is 0 Å². The van der Waals surface area contributed by atoms with Gasteiger partial charge in [-0.3, -0.25) is 0 Å². The molecule has 0 N–H and O–H groups in total. The van der Waals surface area contributed by atoms with Gasteiger partial charge in [0.05, 0.1) is 0 Å². The summed E-state index contributed by atoms with van der Waals surface area (Å²) < 4.78 is -0.928. The maximum absolute atomic E-state index is 5.74. The Labute approximate surface area is 79.4 Å². The highest BCUT2D eigenvalue weighted by Gasteiger charge is 2.25. The molecule has 0 saturated carbocycles. The lowest BCUT2D eigenvalue weighted by atomic mass is 10.2. The largest absolute Gasteiger partial charge is 0.142 e. The molecule has 0 aromatic heterocycles. The average Bonchev–Trinajstić information content (AvgIpc) is 1.54. The molecular weight excluding hydrogens is 214 g/mol. The molecule has 1 aliphatic rings. The Morgan fingerprint density at radius 1 is 1.30 bits per heavy atom. The zero-order valence-corrected chi connectivity index (χ0v) is 7.90. The van der Waals surface area contributed by atoms with Gasteiger partial charge in [0.25, 0.3) is 0 Å². The predicted molar refractivity (Wildman–Crippen MR) is 46.9 cm³/mol. The Bertz CT molecular complexity index is 202. The summed E-state index contributed by atoms with van der Waals surface area (Å²) in [5, 5.41) is 1.07. The van der Waals surface area contributed by atoms with Crippen LogP contribution in [0, 0.1) is 0 Å². The van der Waals surface area contributed by atoms with E-state index in [1.807, 2.05) is 0 Å². The molecule has 56 valence electrons. The summed E-state index contributed by atoms with van der Waals surface area (Å²) in [6, 6.07) is 0. The molecule has 10 heavy (non-hydrogen) atoms. The first-order chi connectivity index (χ1) is 4.49. The van der Waals surface area contributed by atoms with Gasteiger partial charge in [-0.15, -0.1) is 0 Å². The molecule has 1 rings (SSSR count). The minimum absolute atomic E-state index is 0.424. The molecule has 0 radical (unpaired) electrons. The van der Waals surface area contributed by atoms with Crippen LogP contribution in [-0.2, 0) is 0 Å². The highest BCUT2D eigenvalue weighted by molar-refractivity contribution is 6.51. The molecule has 4 heteroatoms. The van der Waals surface area contributed by atoms with Gasteiger partial charge in [0, 0.05) is 16.5 Å². The smallest absolute Gasteiger partial charge is 0.0965 e. The van der Waals surface area contributed by atoms with E-state index in [0.717, 1.165) is 0 Å². The second kappa shape index (κ2) is 2.94. The summed E-state index contributed by atoms with van der Waals surface area (Å²) in [6.45, 7) is 0. The molecule has 0 saturated heterocycles. The van der Waals surface area contributed by atoms with Gasteiger partial charge in [-0.1, -0.05) is 46.4 Å². The van der Waals surface area contributed by atoms with E-state index in [1.54, 1.807) is 12.2 Å². The molecule has 0 bridgehead atoms. The topological polar surface area (TPSA) is 0 Å². The maximum Gasteiger partial charge on any atom is 0.142 e. The Balaban J connectivity index is 2.88. The van der Waals surface area contributed by atoms with Crippen LogP contribution in [0.4, 0.5) is 0 Å². The zero-order valence-electron chi connectivity index (χ0n) is 4.87. The predicted octanol–water partition coefficient (Wildman–Crippen LogP) is 3.81. The molecule has 0 amide bonds. The third-order valence-electron chi connectivity index (χ3n) is 1.05. The van der Waals surface area contributed by atoms with Crippen LogP contribution in [0.5, 0.6) is 0 Å². The molecule has 0 fully saturated rings. The van der Waals surface area contributed by atoms with E-state index in [-0.39, 0.29) is 0 Å². The Morgan fingerprint density at radius 2 is 1.90 bits per heavy atom. The van der Waals surface area contributed by atoms with E-state index in [0.29, 0.717) is 16.5 Å². The lowest BCUT2D eigenvalue weighted by molar-refractivity contribution is 0.942. The van der Waals surface area contributed by atoms with Crippen molar-refractivity contribution in [1.82, 2.24) is 0 Å². The summed E-state index contributed by atoms with van der Waals surface area (Å²) in [6.07, 6.45) is 3.61. The summed E-state index contributed by atoms with van der Waals surface area (Å²) in [5.41, 5.74) is 0. The standard InChI is InChI=1S/C6H4Cl4/c7-4-1-5(8)3-6(9,10)2-4/h1-2H,3H2. The molecule has 0 heterocycles. The van der Waals surface area contributed by atoms with Crippen molar-refractivity contribution in [3.8, 4) is 0 Å². The summed E-state index contributed by atoms with van der Waals surface area (Å²) >= 11 is 22.8. The SMILES string of the molecule is ClC1=CC(Cl)(Cl)CC(Cl)=C1. The van der Waals surface area contributed by atoms with Gasteiger partial charge in [0.1, 0.15) is 4.33 Å². The van der Waals surface area contributed by atoms with E-state index >= 15 is 0 Å². The zero-order chi connectivity index (χ0) is 7.78. The van der Waals surface area contributed by atoms with Gasteiger partial charge < -0.3 is 0 Å². The fourth-order valence-electron chi connectivity index (χ4n) is 0.720. The van der Waals surface area contributed by atoms with Crippen LogP contribution in [0.1, 0.15) is 6.42 Å². The number of allylic oxidation sites excluding steroid dienone is 4. The molecule has 0 nitrogen and oxygen atoms in total. The quantitative estimate of drug-likeness (QED) is 0.542.